The van der Waals surface area contributed by atoms with Crippen molar-refractivity contribution in [3.8, 4) is 5.75 Å². The standard InChI is InChI=1S/C16H19BrN2O5/c1-9-11(17)4-5-12(14(9)23-2)18-13-10(16(22)24-3)8-19(6-7-20)15(13)21/h4-5,18,20H,6-8H2,1-3H3. The molecule has 0 saturated carbocycles. The molecule has 0 unspecified atom stereocenters. The molecule has 0 aliphatic carbocycles. The largest absolute Gasteiger partial charge is 0.494 e. The van der Waals surface area contributed by atoms with Crippen LogP contribution < -0.4 is 10.1 Å². The maximum Gasteiger partial charge on any atom is 0.337 e. The first-order chi connectivity index (χ1) is 11.4. The predicted octanol–water partition coefficient (Wildman–Crippen LogP) is 1.44. The van der Waals surface area contributed by atoms with Gasteiger partial charge in [0, 0.05) is 16.6 Å². The topological polar surface area (TPSA) is 88.1 Å². The number of carbonyl (C=O) groups is 2. The summed E-state index contributed by atoms with van der Waals surface area (Å²) < 4.78 is 11.0. The minimum Gasteiger partial charge on any atom is -0.494 e. The minimum atomic E-state index is -0.584. The van der Waals surface area contributed by atoms with Crippen molar-refractivity contribution in [2.75, 3.05) is 39.2 Å². The van der Waals surface area contributed by atoms with Crippen molar-refractivity contribution in [2.45, 2.75) is 6.92 Å². The highest BCUT2D eigenvalue weighted by Crippen LogP contribution is 2.35. The zero-order valence-electron chi connectivity index (χ0n) is 13.7. The molecule has 0 bridgehead atoms. The maximum atomic E-state index is 12.5. The number of esters is 1. The lowest BCUT2D eigenvalue weighted by Crippen LogP contribution is -2.31. The van der Waals surface area contributed by atoms with E-state index in [2.05, 4.69) is 21.2 Å². The highest BCUT2D eigenvalue weighted by atomic mass is 79.9. The third-order valence-electron chi connectivity index (χ3n) is 3.76. The average Bonchev–Trinajstić information content (AvgIpc) is 2.87. The second kappa shape index (κ2) is 7.67. The smallest absolute Gasteiger partial charge is 0.337 e. The summed E-state index contributed by atoms with van der Waals surface area (Å²) >= 11 is 3.43. The van der Waals surface area contributed by atoms with Gasteiger partial charge in [-0.15, -0.1) is 0 Å². The number of ether oxygens (including phenoxy) is 2. The Kier molecular flexibility index (Phi) is 5.84. The van der Waals surface area contributed by atoms with Crippen molar-refractivity contribution < 1.29 is 24.2 Å². The molecule has 130 valence electrons. The maximum absolute atomic E-state index is 12.5. The zero-order chi connectivity index (χ0) is 17.9. The first-order valence-corrected chi connectivity index (χ1v) is 8.05. The van der Waals surface area contributed by atoms with Gasteiger partial charge >= 0.3 is 5.97 Å². The third kappa shape index (κ3) is 3.39. The van der Waals surface area contributed by atoms with Gasteiger partial charge in [-0.2, -0.15) is 0 Å². The van der Waals surface area contributed by atoms with E-state index in [0.717, 1.165) is 10.0 Å². The molecule has 2 rings (SSSR count). The van der Waals surface area contributed by atoms with Gasteiger partial charge < -0.3 is 24.8 Å². The molecule has 1 amide bonds. The molecular formula is C16H19BrN2O5. The molecule has 2 N–H and O–H groups in total. The predicted molar refractivity (Wildman–Crippen MR) is 91.8 cm³/mol. The second-order valence-electron chi connectivity index (χ2n) is 5.17. The first-order valence-electron chi connectivity index (χ1n) is 7.26. The van der Waals surface area contributed by atoms with Crippen LogP contribution in [0, 0.1) is 6.92 Å². The summed E-state index contributed by atoms with van der Waals surface area (Å²) in [6, 6.07) is 3.57. The van der Waals surface area contributed by atoms with Crippen LogP contribution in [0.3, 0.4) is 0 Å². The first kappa shape index (κ1) is 18.3. The molecule has 0 fully saturated rings. The van der Waals surface area contributed by atoms with E-state index in [1.165, 1.54) is 19.1 Å². The van der Waals surface area contributed by atoms with Crippen molar-refractivity contribution in [3.63, 3.8) is 0 Å². The molecule has 1 aliphatic rings. The highest BCUT2D eigenvalue weighted by Gasteiger charge is 2.34. The molecule has 24 heavy (non-hydrogen) atoms. The van der Waals surface area contributed by atoms with E-state index in [1.54, 1.807) is 6.07 Å². The van der Waals surface area contributed by atoms with Crippen molar-refractivity contribution in [3.05, 3.63) is 33.4 Å². The molecule has 0 saturated heterocycles. The lowest BCUT2D eigenvalue weighted by Gasteiger charge is -2.17. The molecule has 0 aromatic heterocycles. The summed E-state index contributed by atoms with van der Waals surface area (Å²) in [6.07, 6.45) is 0. The van der Waals surface area contributed by atoms with E-state index in [9.17, 15) is 9.59 Å². The van der Waals surface area contributed by atoms with Crippen LogP contribution in [-0.2, 0) is 14.3 Å². The van der Waals surface area contributed by atoms with Gasteiger partial charge in [-0.3, -0.25) is 4.79 Å². The fraction of sp³-hybridized carbons (Fsp3) is 0.375. The van der Waals surface area contributed by atoms with Crippen molar-refractivity contribution in [2.24, 2.45) is 0 Å². The molecule has 0 spiro atoms. The van der Waals surface area contributed by atoms with Gasteiger partial charge in [0.05, 0.1) is 38.6 Å². The van der Waals surface area contributed by atoms with Crippen LogP contribution in [0.5, 0.6) is 5.75 Å². The number of benzene rings is 1. The fourth-order valence-electron chi connectivity index (χ4n) is 2.51. The number of β-amino-alcohol motifs (C(OH)–C–C–N with tert-alkyl or cyclic N) is 1. The Morgan fingerprint density at radius 1 is 1.42 bits per heavy atom. The number of halogens is 1. The SMILES string of the molecule is COC(=O)C1=C(Nc2ccc(Br)c(C)c2OC)C(=O)N(CCO)C1. The van der Waals surface area contributed by atoms with E-state index < -0.39 is 5.97 Å². The van der Waals surface area contributed by atoms with Gasteiger partial charge in [0.15, 0.2) is 0 Å². The van der Waals surface area contributed by atoms with Crippen molar-refractivity contribution in [1.29, 1.82) is 0 Å². The van der Waals surface area contributed by atoms with E-state index in [1.807, 2.05) is 13.0 Å². The Morgan fingerprint density at radius 2 is 2.12 bits per heavy atom. The number of rotatable bonds is 6. The molecule has 1 aromatic carbocycles. The summed E-state index contributed by atoms with van der Waals surface area (Å²) in [4.78, 5) is 25.9. The van der Waals surface area contributed by atoms with Crippen LogP contribution in [0.1, 0.15) is 5.56 Å². The Morgan fingerprint density at radius 3 is 2.71 bits per heavy atom. The third-order valence-corrected chi connectivity index (χ3v) is 4.62. The van der Waals surface area contributed by atoms with E-state index in [4.69, 9.17) is 14.6 Å². The quantitative estimate of drug-likeness (QED) is 0.704. The van der Waals surface area contributed by atoms with Gasteiger partial charge in [-0.1, -0.05) is 15.9 Å². The summed E-state index contributed by atoms with van der Waals surface area (Å²) in [5, 5.41) is 12.1. The average molecular weight is 399 g/mol. The monoisotopic (exact) mass is 398 g/mol. The molecule has 8 heteroatoms. The van der Waals surface area contributed by atoms with Crippen LogP contribution in [-0.4, -0.2) is 55.8 Å². The molecule has 1 aromatic rings. The molecular weight excluding hydrogens is 380 g/mol. The number of hydrogen-bond donors (Lipinski definition) is 2. The summed E-state index contributed by atoms with van der Waals surface area (Å²) in [6.45, 7) is 1.92. The Bertz CT molecular complexity index is 702. The second-order valence-corrected chi connectivity index (χ2v) is 6.03. The summed E-state index contributed by atoms with van der Waals surface area (Å²) in [7, 11) is 2.79. The normalized spacial score (nSPS) is 14.2. The lowest BCUT2D eigenvalue weighted by molar-refractivity contribution is -0.136. The molecule has 1 aliphatic heterocycles. The van der Waals surface area contributed by atoms with Crippen LogP contribution in [0.25, 0.3) is 0 Å². The van der Waals surface area contributed by atoms with E-state index in [-0.39, 0.29) is 36.9 Å². The number of carbonyl (C=O) groups excluding carboxylic acids is 2. The van der Waals surface area contributed by atoms with Gasteiger partial charge in [0.1, 0.15) is 11.4 Å². The van der Waals surface area contributed by atoms with E-state index >= 15 is 0 Å². The van der Waals surface area contributed by atoms with Gasteiger partial charge in [0.2, 0.25) is 0 Å². The summed E-state index contributed by atoms with van der Waals surface area (Å²) in [5.74, 6) is -0.388. The van der Waals surface area contributed by atoms with Crippen LogP contribution >= 0.6 is 15.9 Å². The van der Waals surface area contributed by atoms with Crippen LogP contribution in [0.4, 0.5) is 5.69 Å². The minimum absolute atomic E-state index is 0.0895. The van der Waals surface area contributed by atoms with E-state index in [0.29, 0.717) is 11.4 Å². The number of aliphatic hydroxyl groups excluding tert-OH is 1. The Balaban J connectivity index is 2.43. The number of aliphatic hydroxyl groups is 1. The number of hydrogen-bond acceptors (Lipinski definition) is 6. The fourth-order valence-corrected chi connectivity index (χ4v) is 2.82. The molecule has 1 heterocycles. The van der Waals surface area contributed by atoms with Gasteiger partial charge in [-0.25, -0.2) is 4.79 Å². The van der Waals surface area contributed by atoms with Gasteiger partial charge in [-0.05, 0) is 19.1 Å². The Hall–Kier alpha value is -2.06. The summed E-state index contributed by atoms with van der Waals surface area (Å²) in [5.41, 5.74) is 1.78. The van der Waals surface area contributed by atoms with Crippen molar-refractivity contribution >= 4 is 33.5 Å². The number of nitrogens with one attached hydrogen (secondary N) is 1. The lowest BCUT2D eigenvalue weighted by atomic mass is 10.1. The van der Waals surface area contributed by atoms with Crippen LogP contribution in [0.2, 0.25) is 0 Å². The molecule has 7 nitrogen and oxygen atoms in total. The van der Waals surface area contributed by atoms with Crippen molar-refractivity contribution in [1.82, 2.24) is 4.90 Å². The molecule has 0 radical (unpaired) electrons. The number of methoxy groups -OCH3 is 2. The highest BCUT2D eigenvalue weighted by molar-refractivity contribution is 9.10. The Labute approximate surface area is 148 Å². The number of amides is 1. The zero-order valence-corrected chi connectivity index (χ0v) is 15.3. The van der Waals surface area contributed by atoms with Crippen LogP contribution in [0.15, 0.2) is 27.9 Å². The molecule has 0 atom stereocenters. The van der Waals surface area contributed by atoms with Gasteiger partial charge in [0.25, 0.3) is 5.91 Å². The number of nitrogens with zero attached hydrogens (tertiary/aromatic N) is 1. The number of anilines is 1.